The highest BCUT2D eigenvalue weighted by Gasteiger charge is 2.22. The van der Waals surface area contributed by atoms with E-state index in [4.69, 9.17) is 5.73 Å². The molecule has 0 fully saturated rings. The van der Waals surface area contributed by atoms with Gasteiger partial charge in [0.15, 0.2) is 5.03 Å². The van der Waals surface area contributed by atoms with Gasteiger partial charge in [-0.2, -0.15) is 5.10 Å². The summed E-state index contributed by atoms with van der Waals surface area (Å²) < 4.78 is 26.8. The fraction of sp³-hybridized carbons (Fsp3) is 0.750. The van der Waals surface area contributed by atoms with Crippen molar-refractivity contribution in [2.45, 2.75) is 44.8 Å². The number of rotatable bonds is 8. The number of nitrogens with one attached hydrogen (secondary N) is 2. The standard InChI is InChI=1S/C12H25N5O2S/c1-9(2)17(4)7-5-6-14-20(18,19)12-11(8-13)10(3)15-16-12/h9,14H,5-8,13H2,1-4H3,(H,15,16). The zero-order chi connectivity index (χ0) is 15.3. The zero-order valence-electron chi connectivity index (χ0n) is 12.6. The van der Waals surface area contributed by atoms with Gasteiger partial charge in [-0.25, -0.2) is 13.1 Å². The Hall–Kier alpha value is -0.960. The lowest BCUT2D eigenvalue weighted by Gasteiger charge is -2.20. The first-order valence-electron chi connectivity index (χ1n) is 6.73. The number of aromatic amines is 1. The molecule has 0 amide bonds. The molecule has 0 saturated heterocycles. The molecule has 0 atom stereocenters. The van der Waals surface area contributed by atoms with Crippen LogP contribution in [0.4, 0.5) is 0 Å². The van der Waals surface area contributed by atoms with Crippen molar-refractivity contribution >= 4 is 10.0 Å². The molecular formula is C12H25N5O2S. The second kappa shape index (κ2) is 7.16. The summed E-state index contributed by atoms with van der Waals surface area (Å²) >= 11 is 0. The van der Waals surface area contributed by atoms with Gasteiger partial charge in [-0.3, -0.25) is 5.10 Å². The summed E-state index contributed by atoms with van der Waals surface area (Å²) in [6, 6.07) is 0.449. The average Bonchev–Trinajstić information content (AvgIpc) is 2.76. The molecule has 0 unspecified atom stereocenters. The van der Waals surface area contributed by atoms with Crippen molar-refractivity contribution in [1.29, 1.82) is 0 Å². The van der Waals surface area contributed by atoms with Gasteiger partial charge in [0.25, 0.3) is 10.0 Å². The third kappa shape index (κ3) is 4.27. The summed E-state index contributed by atoms with van der Waals surface area (Å²) in [5, 5.41) is 6.50. The first kappa shape index (κ1) is 17.1. The number of hydrogen-bond acceptors (Lipinski definition) is 5. The van der Waals surface area contributed by atoms with E-state index in [1.54, 1.807) is 6.92 Å². The van der Waals surface area contributed by atoms with E-state index < -0.39 is 10.0 Å². The van der Waals surface area contributed by atoms with Crippen LogP contribution in [-0.2, 0) is 16.6 Å². The minimum atomic E-state index is -3.59. The van der Waals surface area contributed by atoms with Crippen LogP contribution in [0.2, 0.25) is 0 Å². The van der Waals surface area contributed by atoms with Gasteiger partial charge in [0.2, 0.25) is 0 Å². The van der Waals surface area contributed by atoms with Crippen LogP contribution in [0, 0.1) is 6.92 Å². The van der Waals surface area contributed by atoms with E-state index in [1.165, 1.54) is 0 Å². The second-order valence-electron chi connectivity index (χ2n) is 5.16. The highest BCUT2D eigenvalue weighted by molar-refractivity contribution is 7.89. The van der Waals surface area contributed by atoms with E-state index in [0.717, 1.165) is 13.0 Å². The lowest BCUT2D eigenvalue weighted by atomic mass is 10.3. The van der Waals surface area contributed by atoms with Crippen LogP contribution in [0.5, 0.6) is 0 Å². The van der Waals surface area contributed by atoms with Crippen LogP contribution >= 0.6 is 0 Å². The summed E-state index contributed by atoms with van der Waals surface area (Å²) in [7, 11) is -1.57. The van der Waals surface area contributed by atoms with Crippen molar-refractivity contribution in [2.75, 3.05) is 20.1 Å². The Labute approximate surface area is 121 Å². The van der Waals surface area contributed by atoms with Gasteiger partial charge in [0, 0.05) is 30.4 Å². The minimum absolute atomic E-state index is 0.00899. The predicted molar refractivity (Wildman–Crippen MR) is 78.8 cm³/mol. The van der Waals surface area contributed by atoms with E-state index in [1.807, 2.05) is 7.05 Å². The largest absolute Gasteiger partial charge is 0.326 e. The highest BCUT2D eigenvalue weighted by atomic mass is 32.2. The fourth-order valence-electron chi connectivity index (χ4n) is 1.75. The van der Waals surface area contributed by atoms with Crippen molar-refractivity contribution in [1.82, 2.24) is 19.8 Å². The Morgan fingerprint density at radius 2 is 2.10 bits per heavy atom. The van der Waals surface area contributed by atoms with Crippen molar-refractivity contribution < 1.29 is 8.42 Å². The number of aromatic nitrogens is 2. The lowest BCUT2D eigenvalue weighted by molar-refractivity contribution is 0.271. The summed E-state index contributed by atoms with van der Waals surface area (Å²) in [6.45, 7) is 7.33. The van der Waals surface area contributed by atoms with Crippen LogP contribution < -0.4 is 10.5 Å². The van der Waals surface area contributed by atoms with Gasteiger partial charge in [0.1, 0.15) is 0 Å². The summed E-state index contributed by atoms with van der Waals surface area (Å²) in [6.07, 6.45) is 0.745. The molecule has 1 rings (SSSR count). The number of nitrogens with zero attached hydrogens (tertiary/aromatic N) is 2. The lowest BCUT2D eigenvalue weighted by Crippen LogP contribution is -2.32. The Bertz CT molecular complexity index is 524. The van der Waals surface area contributed by atoms with Gasteiger partial charge in [-0.15, -0.1) is 0 Å². The van der Waals surface area contributed by atoms with Gasteiger partial charge < -0.3 is 10.6 Å². The van der Waals surface area contributed by atoms with Crippen LogP contribution in [0.15, 0.2) is 5.03 Å². The topological polar surface area (TPSA) is 104 Å². The monoisotopic (exact) mass is 303 g/mol. The number of nitrogens with two attached hydrogens (primary N) is 1. The third-order valence-corrected chi connectivity index (χ3v) is 4.79. The molecule has 0 aliphatic rings. The summed E-state index contributed by atoms with van der Waals surface area (Å²) in [5.74, 6) is 0. The quantitative estimate of drug-likeness (QED) is 0.595. The summed E-state index contributed by atoms with van der Waals surface area (Å²) in [5.41, 5.74) is 6.79. The first-order chi connectivity index (χ1) is 9.29. The number of sulfonamides is 1. The molecule has 1 aromatic heterocycles. The van der Waals surface area contributed by atoms with E-state index in [2.05, 4.69) is 33.7 Å². The van der Waals surface area contributed by atoms with Crippen LogP contribution in [-0.4, -0.2) is 49.7 Å². The summed E-state index contributed by atoms with van der Waals surface area (Å²) in [4.78, 5) is 2.16. The van der Waals surface area contributed by atoms with Crippen molar-refractivity contribution in [2.24, 2.45) is 5.73 Å². The van der Waals surface area contributed by atoms with E-state index in [-0.39, 0.29) is 11.6 Å². The molecule has 0 bridgehead atoms. The number of hydrogen-bond donors (Lipinski definition) is 3. The molecule has 0 radical (unpaired) electrons. The second-order valence-corrected chi connectivity index (χ2v) is 6.84. The Balaban J connectivity index is 2.58. The molecule has 7 nitrogen and oxygen atoms in total. The maximum Gasteiger partial charge on any atom is 0.260 e. The Morgan fingerprint density at radius 1 is 1.45 bits per heavy atom. The van der Waals surface area contributed by atoms with Crippen molar-refractivity contribution in [3.8, 4) is 0 Å². The maximum atomic E-state index is 12.1. The van der Waals surface area contributed by atoms with Gasteiger partial charge in [0.05, 0.1) is 0 Å². The van der Waals surface area contributed by atoms with Gasteiger partial charge in [-0.05, 0) is 40.8 Å². The normalized spacial score (nSPS) is 12.6. The zero-order valence-corrected chi connectivity index (χ0v) is 13.4. The molecule has 0 aliphatic heterocycles. The maximum absolute atomic E-state index is 12.1. The van der Waals surface area contributed by atoms with Crippen molar-refractivity contribution in [3.05, 3.63) is 11.3 Å². The molecule has 20 heavy (non-hydrogen) atoms. The molecular weight excluding hydrogens is 278 g/mol. The van der Waals surface area contributed by atoms with E-state index in [0.29, 0.717) is 23.8 Å². The highest BCUT2D eigenvalue weighted by Crippen LogP contribution is 2.14. The first-order valence-corrected chi connectivity index (χ1v) is 8.21. The molecule has 116 valence electrons. The predicted octanol–water partition coefficient (Wildman–Crippen LogP) is 0.185. The van der Waals surface area contributed by atoms with Crippen LogP contribution in [0.1, 0.15) is 31.5 Å². The SMILES string of the molecule is Cc1[nH]nc(S(=O)(=O)NCCCN(C)C(C)C)c1CN. The van der Waals surface area contributed by atoms with Crippen LogP contribution in [0.25, 0.3) is 0 Å². The van der Waals surface area contributed by atoms with E-state index in [9.17, 15) is 8.42 Å². The molecule has 1 heterocycles. The number of H-pyrrole nitrogens is 1. The molecule has 4 N–H and O–H groups in total. The Kier molecular flexibility index (Phi) is 6.12. The Morgan fingerprint density at radius 3 is 2.65 bits per heavy atom. The van der Waals surface area contributed by atoms with Crippen LogP contribution in [0.3, 0.4) is 0 Å². The molecule has 0 saturated carbocycles. The minimum Gasteiger partial charge on any atom is -0.326 e. The van der Waals surface area contributed by atoms with E-state index >= 15 is 0 Å². The number of aryl methyl sites for hydroxylation is 1. The third-order valence-electron chi connectivity index (χ3n) is 3.36. The van der Waals surface area contributed by atoms with Crippen molar-refractivity contribution in [3.63, 3.8) is 0 Å². The molecule has 0 aliphatic carbocycles. The molecule has 0 aromatic carbocycles. The fourth-order valence-corrected chi connectivity index (χ4v) is 3.03. The molecule has 1 aromatic rings. The molecule has 0 spiro atoms. The van der Waals surface area contributed by atoms with Gasteiger partial charge in [-0.1, -0.05) is 0 Å². The van der Waals surface area contributed by atoms with Gasteiger partial charge >= 0.3 is 0 Å². The smallest absolute Gasteiger partial charge is 0.260 e. The molecule has 8 heteroatoms. The average molecular weight is 303 g/mol.